The zero-order chi connectivity index (χ0) is 13.7. The molecule has 4 heteroatoms. The molecule has 0 bridgehead atoms. The molecule has 0 amide bonds. The number of likely N-dealkylation sites (N-methyl/N-ethyl adjacent to an activating group) is 1. The fourth-order valence-corrected chi connectivity index (χ4v) is 2.11. The van der Waals surface area contributed by atoms with E-state index in [1.165, 1.54) is 16.3 Å². The number of hydrogen-bond donors (Lipinski definition) is 2. The smallest absolute Gasteiger partial charge is 0.119 e. The van der Waals surface area contributed by atoms with Crippen molar-refractivity contribution in [2.45, 2.75) is 6.42 Å². The summed E-state index contributed by atoms with van der Waals surface area (Å²) in [5, 5.41) is 2.46. The van der Waals surface area contributed by atoms with Gasteiger partial charge in [-0.25, -0.2) is 5.43 Å². The summed E-state index contributed by atoms with van der Waals surface area (Å²) in [5.41, 5.74) is 3.99. The van der Waals surface area contributed by atoms with Crippen LogP contribution in [0.3, 0.4) is 0 Å². The largest absolute Gasteiger partial charge is 0.497 e. The van der Waals surface area contributed by atoms with Crippen LogP contribution >= 0.6 is 0 Å². The highest BCUT2D eigenvalue weighted by molar-refractivity contribution is 5.84. The van der Waals surface area contributed by atoms with E-state index in [4.69, 9.17) is 10.6 Å². The van der Waals surface area contributed by atoms with Crippen LogP contribution in [0.15, 0.2) is 36.4 Å². The van der Waals surface area contributed by atoms with Crippen LogP contribution in [0.1, 0.15) is 5.56 Å². The molecule has 2 rings (SSSR count). The van der Waals surface area contributed by atoms with Gasteiger partial charge in [-0.2, -0.15) is 0 Å². The molecule has 0 radical (unpaired) electrons. The van der Waals surface area contributed by atoms with Crippen molar-refractivity contribution >= 4 is 10.8 Å². The molecule has 2 aromatic rings. The van der Waals surface area contributed by atoms with Crippen LogP contribution in [0.4, 0.5) is 0 Å². The molecule has 0 atom stereocenters. The number of nitrogens with zero attached hydrogens (tertiary/aromatic N) is 1. The third-order valence-corrected chi connectivity index (χ3v) is 3.26. The lowest BCUT2D eigenvalue weighted by molar-refractivity contribution is 0.313. The molecule has 4 nitrogen and oxygen atoms in total. The summed E-state index contributed by atoms with van der Waals surface area (Å²) in [6, 6.07) is 12.7. The number of ether oxygens (including phenoxy) is 1. The van der Waals surface area contributed by atoms with Crippen LogP contribution < -0.4 is 16.0 Å². The Morgan fingerprint density at radius 1 is 1.16 bits per heavy atom. The highest BCUT2D eigenvalue weighted by Gasteiger charge is 2.01. The molecule has 0 aliphatic heterocycles. The van der Waals surface area contributed by atoms with Gasteiger partial charge in [-0.3, -0.25) is 10.7 Å². The van der Waals surface area contributed by atoms with Gasteiger partial charge >= 0.3 is 0 Å². The molecule has 0 unspecified atom stereocenters. The van der Waals surface area contributed by atoms with Crippen LogP contribution in [0.2, 0.25) is 0 Å². The zero-order valence-corrected chi connectivity index (χ0v) is 11.5. The predicted molar refractivity (Wildman–Crippen MR) is 79.0 cm³/mol. The van der Waals surface area contributed by atoms with E-state index in [9.17, 15) is 0 Å². The lowest BCUT2D eigenvalue weighted by Gasteiger charge is -2.15. The Hall–Kier alpha value is -1.62. The van der Waals surface area contributed by atoms with E-state index < -0.39 is 0 Å². The van der Waals surface area contributed by atoms with E-state index in [-0.39, 0.29) is 0 Å². The van der Waals surface area contributed by atoms with Crippen molar-refractivity contribution in [2.75, 3.05) is 27.4 Å². The maximum absolute atomic E-state index is 5.30. The second-order valence-corrected chi connectivity index (χ2v) is 4.74. The fourth-order valence-electron chi connectivity index (χ4n) is 2.11. The van der Waals surface area contributed by atoms with E-state index in [0.717, 1.165) is 18.7 Å². The molecule has 0 spiro atoms. The molecular formula is C15H21N3O. The minimum absolute atomic E-state index is 0.699. The average molecular weight is 259 g/mol. The van der Waals surface area contributed by atoms with Crippen molar-refractivity contribution in [1.29, 1.82) is 0 Å². The number of benzene rings is 2. The van der Waals surface area contributed by atoms with E-state index in [1.807, 2.05) is 13.1 Å². The first-order chi connectivity index (χ1) is 9.22. The van der Waals surface area contributed by atoms with E-state index in [1.54, 1.807) is 7.11 Å². The summed E-state index contributed by atoms with van der Waals surface area (Å²) in [4.78, 5) is 2.15. The van der Waals surface area contributed by atoms with Gasteiger partial charge < -0.3 is 4.74 Å². The van der Waals surface area contributed by atoms with E-state index >= 15 is 0 Å². The molecule has 2 aromatic carbocycles. The van der Waals surface area contributed by atoms with Crippen molar-refractivity contribution < 1.29 is 4.74 Å². The minimum atomic E-state index is 0.699. The number of fused-ring (bicyclic) bond motifs is 1. The first-order valence-corrected chi connectivity index (χ1v) is 6.41. The van der Waals surface area contributed by atoms with Gasteiger partial charge in [-0.1, -0.05) is 24.3 Å². The molecule has 0 saturated heterocycles. The molecule has 0 aromatic heterocycles. The summed E-state index contributed by atoms with van der Waals surface area (Å²) >= 11 is 0. The van der Waals surface area contributed by atoms with Crippen LogP contribution in [0.5, 0.6) is 5.75 Å². The Morgan fingerprint density at radius 2 is 1.89 bits per heavy atom. The van der Waals surface area contributed by atoms with Gasteiger partial charge in [0.05, 0.1) is 13.8 Å². The first-order valence-electron chi connectivity index (χ1n) is 6.41. The lowest BCUT2D eigenvalue weighted by atomic mass is 10.0. The third kappa shape index (κ3) is 3.67. The third-order valence-electron chi connectivity index (χ3n) is 3.26. The maximum Gasteiger partial charge on any atom is 0.119 e. The standard InChI is InChI=1S/C15H21N3O/c1-18(11-17-16)8-7-12-3-4-14-10-15(19-2)6-5-13(14)9-12/h3-6,9-10,17H,7-8,11,16H2,1-2H3. The van der Waals surface area contributed by atoms with Gasteiger partial charge in [-0.15, -0.1) is 0 Å². The second-order valence-electron chi connectivity index (χ2n) is 4.74. The summed E-state index contributed by atoms with van der Waals surface area (Å²) in [7, 11) is 3.74. The van der Waals surface area contributed by atoms with Crippen molar-refractivity contribution in [3.05, 3.63) is 42.0 Å². The van der Waals surface area contributed by atoms with E-state index in [2.05, 4.69) is 40.7 Å². The van der Waals surface area contributed by atoms with Gasteiger partial charge in [0.15, 0.2) is 0 Å². The van der Waals surface area contributed by atoms with Gasteiger partial charge in [-0.05, 0) is 41.9 Å². The van der Waals surface area contributed by atoms with E-state index in [0.29, 0.717) is 6.67 Å². The molecule has 0 saturated carbocycles. The highest BCUT2D eigenvalue weighted by Crippen LogP contribution is 2.22. The Balaban J connectivity index is 2.09. The summed E-state index contributed by atoms with van der Waals surface area (Å²) < 4.78 is 5.23. The molecule has 19 heavy (non-hydrogen) atoms. The monoisotopic (exact) mass is 259 g/mol. The average Bonchev–Trinajstić information content (AvgIpc) is 2.44. The number of methoxy groups -OCH3 is 1. The summed E-state index contributed by atoms with van der Waals surface area (Å²) in [6.45, 7) is 1.68. The number of hydrogen-bond acceptors (Lipinski definition) is 4. The first kappa shape index (κ1) is 13.8. The second kappa shape index (κ2) is 6.52. The van der Waals surface area contributed by atoms with Crippen molar-refractivity contribution in [2.24, 2.45) is 5.84 Å². The Labute approximate surface area is 114 Å². The zero-order valence-electron chi connectivity index (χ0n) is 11.5. The molecule has 0 fully saturated rings. The Bertz CT molecular complexity index is 542. The van der Waals surface area contributed by atoms with Crippen LogP contribution in [0, 0.1) is 0 Å². The summed E-state index contributed by atoms with van der Waals surface area (Å²) in [5.74, 6) is 6.19. The van der Waals surface area contributed by atoms with Crippen molar-refractivity contribution in [1.82, 2.24) is 10.3 Å². The van der Waals surface area contributed by atoms with Crippen molar-refractivity contribution in [3.8, 4) is 5.75 Å². The summed E-state index contributed by atoms with van der Waals surface area (Å²) in [6.07, 6.45) is 1.01. The van der Waals surface area contributed by atoms with Crippen LogP contribution in [-0.4, -0.2) is 32.3 Å². The topological polar surface area (TPSA) is 50.5 Å². The van der Waals surface area contributed by atoms with Crippen molar-refractivity contribution in [3.63, 3.8) is 0 Å². The van der Waals surface area contributed by atoms with Gasteiger partial charge in [0.2, 0.25) is 0 Å². The SMILES string of the molecule is COc1ccc2cc(CCN(C)CNN)ccc2c1. The number of rotatable bonds is 6. The predicted octanol–water partition coefficient (Wildman–Crippen LogP) is 1.74. The lowest BCUT2D eigenvalue weighted by Crippen LogP contribution is -2.36. The number of nitrogens with one attached hydrogen (secondary N) is 1. The van der Waals surface area contributed by atoms with Crippen LogP contribution in [-0.2, 0) is 6.42 Å². The quantitative estimate of drug-likeness (QED) is 0.471. The Morgan fingerprint density at radius 3 is 2.63 bits per heavy atom. The van der Waals surface area contributed by atoms with Gasteiger partial charge in [0.1, 0.15) is 5.75 Å². The number of hydrazine groups is 1. The molecule has 102 valence electrons. The minimum Gasteiger partial charge on any atom is -0.497 e. The maximum atomic E-state index is 5.30. The van der Waals surface area contributed by atoms with Crippen LogP contribution in [0.25, 0.3) is 10.8 Å². The number of nitrogens with two attached hydrogens (primary N) is 1. The highest BCUT2D eigenvalue weighted by atomic mass is 16.5. The molecule has 3 N–H and O–H groups in total. The molecule has 0 aliphatic carbocycles. The molecule has 0 heterocycles. The fraction of sp³-hybridized carbons (Fsp3) is 0.333. The van der Waals surface area contributed by atoms with Gasteiger partial charge in [0, 0.05) is 6.54 Å². The molecule has 0 aliphatic rings. The molecular weight excluding hydrogens is 238 g/mol. The Kier molecular flexibility index (Phi) is 4.74. The normalized spacial score (nSPS) is 11.2. The van der Waals surface area contributed by atoms with Gasteiger partial charge in [0.25, 0.3) is 0 Å².